The van der Waals surface area contributed by atoms with E-state index in [9.17, 15) is 5.11 Å². The normalized spacial score (nSPS) is 12.8. The van der Waals surface area contributed by atoms with E-state index in [0.29, 0.717) is 11.3 Å². The molecule has 0 aliphatic rings. The summed E-state index contributed by atoms with van der Waals surface area (Å²) in [5.74, 6) is 0.702. The summed E-state index contributed by atoms with van der Waals surface area (Å²) in [4.78, 5) is 4.09. The smallest absolute Gasteiger partial charge is 0.142 e. The Morgan fingerprint density at radius 1 is 1.35 bits per heavy atom. The highest BCUT2D eigenvalue weighted by Gasteiger charge is 2.08. The van der Waals surface area contributed by atoms with Crippen LogP contribution in [0.2, 0.25) is 0 Å². The van der Waals surface area contributed by atoms with Crippen LogP contribution in [0.3, 0.4) is 0 Å². The van der Waals surface area contributed by atoms with Gasteiger partial charge in [-0.15, -0.1) is 0 Å². The number of phenols is 1. The fraction of sp³-hybridized carbons (Fsp3) is 0.308. The molecule has 0 bridgehead atoms. The molecule has 1 aromatic heterocycles. The number of hydrogen-bond acceptors (Lipinski definition) is 4. The van der Waals surface area contributed by atoms with Gasteiger partial charge in [-0.3, -0.25) is 0 Å². The van der Waals surface area contributed by atoms with E-state index in [1.54, 1.807) is 12.1 Å². The van der Waals surface area contributed by atoms with E-state index >= 15 is 0 Å². The molecule has 17 heavy (non-hydrogen) atoms. The third-order valence-corrected chi connectivity index (χ3v) is 2.75. The van der Waals surface area contributed by atoms with Crippen LogP contribution in [0.1, 0.15) is 12.5 Å². The topological polar surface area (TPSA) is 79.4 Å². The van der Waals surface area contributed by atoms with Gasteiger partial charge in [-0.1, -0.05) is 6.92 Å². The highest BCUT2D eigenvalue weighted by atomic mass is 16.3. The summed E-state index contributed by atoms with van der Waals surface area (Å²) in [5.41, 5.74) is 7.09. The minimum absolute atomic E-state index is 0.134. The predicted octanol–water partition coefficient (Wildman–Crippen LogP) is 1.69. The molecule has 90 valence electrons. The maximum Gasteiger partial charge on any atom is 0.142 e. The lowest BCUT2D eigenvalue weighted by molar-refractivity contribution is 0.237. The monoisotopic (exact) mass is 232 g/mol. The highest BCUT2D eigenvalue weighted by Crippen LogP contribution is 2.26. The number of hydrogen-bond donors (Lipinski definition) is 3. The molecular weight excluding hydrogens is 216 g/mol. The van der Waals surface area contributed by atoms with Gasteiger partial charge in [0.25, 0.3) is 0 Å². The lowest BCUT2D eigenvalue weighted by atomic mass is 10.00. The van der Waals surface area contributed by atoms with Crippen molar-refractivity contribution in [2.45, 2.75) is 13.3 Å². The van der Waals surface area contributed by atoms with Crippen molar-refractivity contribution in [3.05, 3.63) is 29.8 Å². The second kappa shape index (κ2) is 4.59. The molecule has 2 rings (SSSR count). The minimum atomic E-state index is 0.134. The zero-order chi connectivity index (χ0) is 12.4. The van der Waals surface area contributed by atoms with E-state index in [1.165, 1.54) is 0 Å². The first-order valence-electron chi connectivity index (χ1n) is 5.59. The highest BCUT2D eigenvalue weighted by molar-refractivity contribution is 5.86. The SMILES string of the molecule is CC(CO)Cc1cc(O)c2nc(N)ccc2c1. The Hall–Kier alpha value is -1.81. The Morgan fingerprint density at radius 3 is 2.82 bits per heavy atom. The largest absolute Gasteiger partial charge is 0.506 e. The number of nitrogens with two attached hydrogens (primary N) is 1. The molecule has 0 fully saturated rings. The zero-order valence-electron chi connectivity index (χ0n) is 9.72. The van der Waals surface area contributed by atoms with Crippen molar-refractivity contribution in [1.82, 2.24) is 4.98 Å². The number of benzene rings is 1. The molecule has 1 unspecified atom stereocenters. The average Bonchev–Trinajstić information content (AvgIpc) is 2.30. The Kier molecular flexibility index (Phi) is 3.15. The van der Waals surface area contributed by atoms with Crippen molar-refractivity contribution in [3.63, 3.8) is 0 Å². The lowest BCUT2D eigenvalue weighted by Gasteiger charge is -2.10. The summed E-state index contributed by atoms with van der Waals surface area (Å²) in [7, 11) is 0. The molecule has 1 atom stereocenters. The van der Waals surface area contributed by atoms with Crippen molar-refractivity contribution in [3.8, 4) is 5.75 Å². The molecule has 4 heteroatoms. The Bertz CT molecular complexity index is 540. The molecule has 0 amide bonds. The van der Waals surface area contributed by atoms with E-state index in [2.05, 4.69) is 4.98 Å². The van der Waals surface area contributed by atoms with E-state index < -0.39 is 0 Å². The Morgan fingerprint density at radius 2 is 2.12 bits per heavy atom. The van der Waals surface area contributed by atoms with Gasteiger partial charge in [-0.2, -0.15) is 0 Å². The first kappa shape index (κ1) is 11.7. The number of aliphatic hydroxyl groups is 1. The van der Waals surface area contributed by atoms with Crippen LogP contribution < -0.4 is 5.73 Å². The molecular formula is C13H16N2O2. The molecule has 0 radical (unpaired) electrons. The zero-order valence-corrected chi connectivity index (χ0v) is 9.72. The molecule has 1 heterocycles. The van der Waals surface area contributed by atoms with Crippen molar-refractivity contribution >= 4 is 16.7 Å². The van der Waals surface area contributed by atoms with Crippen molar-refractivity contribution in [2.24, 2.45) is 5.92 Å². The van der Waals surface area contributed by atoms with E-state index in [0.717, 1.165) is 17.4 Å². The van der Waals surface area contributed by atoms with Gasteiger partial charge in [0.15, 0.2) is 0 Å². The van der Waals surface area contributed by atoms with Crippen molar-refractivity contribution < 1.29 is 10.2 Å². The quantitative estimate of drug-likeness (QED) is 0.752. The Balaban J connectivity index is 2.45. The van der Waals surface area contributed by atoms with E-state index in [4.69, 9.17) is 10.8 Å². The molecule has 4 nitrogen and oxygen atoms in total. The summed E-state index contributed by atoms with van der Waals surface area (Å²) in [6.07, 6.45) is 0.727. The average molecular weight is 232 g/mol. The number of pyridine rings is 1. The first-order valence-corrected chi connectivity index (χ1v) is 5.59. The van der Waals surface area contributed by atoms with Crippen LogP contribution >= 0.6 is 0 Å². The number of aromatic nitrogens is 1. The second-order valence-corrected chi connectivity index (χ2v) is 4.41. The second-order valence-electron chi connectivity index (χ2n) is 4.41. The van der Waals surface area contributed by atoms with Gasteiger partial charge in [-0.25, -0.2) is 4.98 Å². The van der Waals surface area contributed by atoms with Crippen molar-refractivity contribution in [1.29, 1.82) is 0 Å². The maximum absolute atomic E-state index is 9.88. The standard InChI is InChI=1S/C13H16N2O2/c1-8(7-16)4-9-5-10-2-3-12(14)15-13(10)11(17)6-9/h2-3,5-6,8,16-17H,4,7H2,1H3,(H2,14,15). The van der Waals surface area contributed by atoms with Gasteiger partial charge in [-0.05, 0) is 42.2 Å². The van der Waals surface area contributed by atoms with Gasteiger partial charge in [0, 0.05) is 12.0 Å². The summed E-state index contributed by atoms with van der Waals surface area (Å²) >= 11 is 0. The third-order valence-electron chi connectivity index (χ3n) is 2.75. The van der Waals surface area contributed by atoms with Crippen LogP contribution in [0, 0.1) is 5.92 Å². The molecule has 2 aromatic rings. The number of anilines is 1. The van der Waals surface area contributed by atoms with Gasteiger partial charge < -0.3 is 15.9 Å². The lowest BCUT2D eigenvalue weighted by Crippen LogP contribution is -2.04. The number of aliphatic hydroxyl groups excluding tert-OH is 1. The fourth-order valence-electron chi connectivity index (χ4n) is 1.88. The summed E-state index contributed by atoms with van der Waals surface area (Å²) in [6, 6.07) is 7.19. The van der Waals surface area contributed by atoms with Crippen molar-refractivity contribution in [2.75, 3.05) is 12.3 Å². The van der Waals surface area contributed by atoms with Crippen LogP contribution in [0.4, 0.5) is 5.82 Å². The number of fused-ring (bicyclic) bond motifs is 1. The van der Waals surface area contributed by atoms with Crippen LogP contribution in [0.5, 0.6) is 5.75 Å². The predicted molar refractivity (Wildman–Crippen MR) is 67.8 cm³/mol. The summed E-state index contributed by atoms with van der Waals surface area (Å²) in [6.45, 7) is 2.10. The number of rotatable bonds is 3. The van der Waals surface area contributed by atoms with Gasteiger partial charge in [0.1, 0.15) is 17.1 Å². The van der Waals surface area contributed by atoms with E-state index in [1.807, 2.05) is 19.1 Å². The van der Waals surface area contributed by atoms with E-state index in [-0.39, 0.29) is 18.3 Å². The fourth-order valence-corrected chi connectivity index (χ4v) is 1.88. The molecule has 1 aromatic carbocycles. The van der Waals surface area contributed by atoms with Gasteiger partial charge in [0.05, 0.1) is 0 Å². The van der Waals surface area contributed by atoms with Crippen LogP contribution in [-0.2, 0) is 6.42 Å². The molecule has 0 aliphatic heterocycles. The molecule has 0 saturated carbocycles. The molecule has 0 saturated heterocycles. The molecule has 4 N–H and O–H groups in total. The summed E-state index contributed by atoms with van der Waals surface area (Å²) < 4.78 is 0. The Labute approximate surface area is 99.7 Å². The van der Waals surface area contributed by atoms with Crippen LogP contribution in [0.25, 0.3) is 10.9 Å². The maximum atomic E-state index is 9.88. The number of phenolic OH excluding ortho intramolecular Hbond substituents is 1. The molecule has 0 spiro atoms. The minimum Gasteiger partial charge on any atom is -0.506 e. The van der Waals surface area contributed by atoms with Crippen LogP contribution in [0.15, 0.2) is 24.3 Å². The summed E-state index contributed by atoms with van der Waals surface area (Å²) in [5, 5.41) is 19.8. The third kappa shape index (κ3) is 2.47. The van der Waals surface area contributed by atoms with Crippen LogP contribution in [-0.4, -0.2) is 21.8 Å². The molecule has 0 aliphatic carbocycles. The van der Waals surface area contributed by atoms with Gasteiger partial charge >= 0.3 is 0 Å². The number of aromatic hydroxyl groups is 1. The number of nitrogen functional groups attached to an aromatic ring is 1. The van der Waals surface area contributed by atoms with Gasteiger partial charge in [0.2, 0.25) is 0 Å². The number of nitrogens with zero attached hydrogens (tertiary/aromatic N) is 1. The first-order chi connectivity index (χ1) is 8.10.